The number of ether oxygens (including phenoxy) is 2. The number of β-lactam (4-membered cyclic amide) rings is 1. The highest BCUT2D eigenvalue weighted by molar-refractivity contribution is 8.04. The molecule has 1 aromatic rings. The van der Waals surface area contributed by atoms with Gasteiger partial charge in [0.05, 0.1) is 0 Å². The van der Waals surface area contributed by atoms with Gasteiger partial charge < -0.3 is 19.9 Å². The summed E-state index contributed by atoms with van der Waals surface area (Å²) in [4.78, 5) is 49.6. The molecule has 1 fully saturated rings. The number of thioether (sulfide) groups is 1. The number of fused-ring (bicyclic) bond motifs is 1. The van der Waals surface area contributed by atoms with Gasteiger partial charge in [-0.3, -0.25) is 14.5 Å². The predicted molar refractivity (Wildman–Crippen MR) is 117 cm³/mol. The van der Waals surface area contributed by atoms with Crippen LogP contribution in [0, 0.1) is 0 Å². The number of halogens is 3. The van der Waals surface area contributed by atoms with Crippen LogP contribution in [0.2, 0.25) is 0 Å². The number of hydrogen-bond donors (Lipinski definition) is 2. The minimum absolute atomic E-state index is 0.168. The summed E-state index contributed by atoms with van der Waals surface area (Å²) >= 11 is 17.4. The largest absolute Gasteiger partial charge is 0.484 e. The number of carbonyl (C=O) groups excluding carboxylic acids is 3. The van der Waals surface area contributed by atoms with E-state index in [1.165, 1.54) is 6.92 Å². The summed E-state index contributed by atoms with van der Waals surface area (Å²) in [6, 6.07) is 7.60. The van der Waals surface area contributed by atoms with Crippen LogP contribution in [0.1, 0.15) is 6.92 Å². The number of nitrogens with one attached hydrogen (secondary N) is 1. The maximum Gasteiger partial charge on any atom is 0.363 e. The minimum atomic E-state index is -2.32. The summed E-state index contributed by atoms with van der Waals surface area (Å²) in [5.41, 5.74) is -0.137. The molecule has 2 N–H and O–H groups in total. The van der Waals surface area contributed by atoms with E-state index in [2.05, 4.69) is 5.32 Å². The van der Waals surface area contributed by atoms with Gasteiger partial charge >= 0.3 is 11.9 Å². The first-order valence-electron chi connectivity index (χ1n) is 8.90. The molecule has 2 aliphatic heterocycles. The first-order chi connectivity index (χ1) is 15.0. The average Bonchev–Trinajstić information content (AvgIpc) is 2.74. The van der Waals surface area contributed by atoms with Crippen molar-refractivity contribution in [2.75, 3.05) is 6.61 Å². The molecule has 0 spiro atoms. The number of amides is 2. The lowest BCUT2D eigenvalue weighted by atomic mass is 10.0. The second kappa shape index (κ2) is 9.62. The molecule has 0 saturated carbocycles. The molecule has 0 aromatic heterocycles. The lowest BCUT2D eigenvalue weighted by molar-refractivity contribution is -0.150. The number of carboxylic acid groups (broad SMARTS) is 1. The Morgan fingerprint density at radius 3 is 2.50 bits per heavy atom. The third-order valence-electron chi connectivity index (χ3n) is 4.39. The van der Waals surface area contributed by atoms with Crippen LogP contribution in [0.4, 0.5) is 0 Å². The van der Waals surface area contributed by atoms with E-state index in [1.807, 2.05) is 0 Å². The molecule has 0 aliphatic carbocycles. The zero-order chi connectivity index (χ0) is 23.6. The van der Waals surface area contributed by atoms with Gasteiger partial charge in [0.15, 0.2) is 6.61 Å². The van der Waals surface area contributed by atoms with Crippen molar-refractivity contribution in [2.45, 2.75) is 22.1 Å². The standard InChI is InChI=1S/C19H15Cl3N2O7S/c1-9-11(7-31-18(29)19(20,21)22)32-16-13(15(26)24(16)14(9)17(27)28)23-12(25)8-30-10-5-3-2-4-6-10/h2-7,13,16H,8H2,1H3,(H,23,25)(H,27,28)/t13?,16-/m0/s1. The lowest BCUT2D eigenvalue weighted by Crippen LogP contribution is -2.70. The Labute approximate surface area is 201 Å². The van der Waals surface area contributed by atoms with Crippen LogP contribution >= 0.6 is 46.6 Å². The molecule has 1 aromatic carbocycles. The Morgan fingerprint density at radius 1 is 1.25 bits per heavy atom. The van der Waals surface area contributed by atoms with Crippen LogP contribution in [-0.2, 0) is 23.9 Å². The number of rotatable bonds is 6. The summed E-state index contributed by atoms with van der Waals surface area (Å²) in [7, 11) is 0. The van der Waals surface area contributed by atoms with Gasteiger partial charge in [-0.2, -0.15) is 0 Å². The summed E-state index contributed by atoms with van der Waals surface area (Å²) in [6.07, 6.45) is 0.949. The molecule has 3 rings (SSSR count). The molecular formula is C19H15Cl3N2O7S. The van der Waals surface area contributed by atoms with E-state index >= 15 is 0 Å². The van der Waals surface area contributed by atoms with Crippen LogP contribution in [-0.4, -0.2) is 55.6 Å². The van der Waals surface area contributed by atoms with Crippen molar-refractivity contribution in [2.24, 2.45) is 0 Å². The molecule has 2 atom stereocenters. The molecule has 2 heterocycles. The minimum Gasteiger partial charge on any atom is -0.484 e. The molecule has 32 heavy (non-hydrogen) atoms. The van der Waals surface area contributed by atoms with Crippen molar-refractivity contribution in [3.63, 3.8) is 0 Å². The Kier molecular flexibility index (Phi) is 7.29. The smallest absolute Gasteiger partial charge is 0.363 e. The highest BCUT2D eigenvalue weighted by Gasteiger charge is 2.55. The zero-order valence-electron chi connectivity index (χ0n) is 16.2. The van der Waals surface area contributed by atoms with Crippen LogP contribution < -0.4 is 10.1 Å². The van der Waals surface area contributed by atoms with Gasteiger partial charge in [0, 0.05) is 4.91 Å². The number of hydrogen-bond acceptors (Lipinski definition) is 7. The molecule has 13 heteroatoms. The second-order valence-electron chi connectivity index (χ2n) is 6.53. The number of allylic oxidation sites excluding steroid dienone is 1. The van der Waals surface area contributed by atoms with Crippen LogP contribution in [0.3, 0.4) is 0 Å². The third-order valence-corrected chi connectivity index (χ3v) is 6.24. The van der Waals surface area contributed by atoms with Crippen molar-refractivity contribution in [1.29, 1.82) is 0 Å². The molecular weight excluding hydrogens is 507 g/mol. The van der Waals surface area contributed by atoms with Gasteiger partial charge in [0.2, 0.25) is 0 Å². The van der Waals surface area contributed by atoms with E-state index in [4.69, 9.17) is 44.3 Å². The fourth-order valence-corrected chi connectivity index (χ4v) is 4.31. The summed E-state index contributed by atoms with van der Waals surface area (Å²) in [5.74, 6) is -3.23. The van der Waals surface area contributed by atoms with Gasteiger partial charge in [-0.15, -0.1) is 0 Å². The molecule has 1 saturated heterocycles. The molecule has 1 unspecified atom stereocenters. The van der Waals surface area contributed by atoms with Gasteiger partial charge in [0.1, 0.15) is 29.1 Å². The maximum atomic E-state index is 12.6. The summed E-state index contributed by atoms with van der Waals surface area (Å²) in [6.45, 7) is 1.10. The Bertz CT molecular complexity index is 1020. The number of carboxylic acids is 1. The van der Waals surface area contributed by atoms with Crippen molar-refractivity contribution >= 4 is 70.3 Å². The van der Waals surface area contributed by atoms with Crippen molar-refractivity contribution < 1.29 is 33.8 Å². The zero-order valence-corrected chi connectivity index (χ0v) is 19.3. The van der Waals surface area contributed by atoms with Crippen LogP contribution in [0.25, 0.3) is 0 Å². The number of carbonyl (C=O) groups is 4. The van der Waals surface area contributed by atoms with Gasteiger partial charge in [-0.1, -0.05) is 64.8 Å². The average molecular weight is 522 g/mol. The number of benzene rings is 1. The lowest BCUT2D eigenvalue weighted by Gasteiger charge is -2.49. The molecule has 2 aliphatic rings. The fourth-order valence-electron chi connectivity index (χ4n) is 2.91. The highest BCUT2D eigenvalue weighted by Crippen LogP contribution is 2.46. The Morgan fingerprint density at radius 2 is 1.91 bits per heavy atom. The number of nitrogens with zero attached hydrogens (tertiary/aromatic N) is 1. The molecule has 0 radical (unpaired) electrons. The normalized spacial score (nSPS) is 21.6. The van der Waals surface area contributed by atoms with E-state index in [-0.39, 0.29) is 22.8 Å². The highest BCUT2D eigenvalue weighted by atomic mass is 35.6. The summed E-state index contributed by atoms with van der Waals surface area (Å²) in [5, 5.41) is 11.3. The quantitative estimate of drug-likeness (QED) is 0.253. The monoisotopic (exact) mass is 520 g/mol. The van der Waals surface area contributed by atoms with Gasteiger partial charge in [0.25, 0.3) is 15.6 Å². The maximum absolute atomic E-state index is 12.6. The topological polar surface area (TPSA) is 122 Å². The first-order valence-corrected chi connectivity index (χ1v) is 10.9. The van der Waals surface area contributed by atoms with E-state index in [0.717, 1.165) is 22.9 Å². The fraction of sp³-hybridized carbons (Fsp3) is 0.263. The van der Waals surface area contributed by atoms with Crippen LogP contribution in [0.5, 0.6) is 5.75 Å². The molecule has 9 nitrogen and oxygen atoms in total. The van der Waals surface area contributed by atoms with E-state index in [9.17, 15) is 24.3 Å². The van der Waals surface area contributed by atoms with Gasteiger partial charge in [-0.25, -0.2) is 9.59 Å². The van der Waals surface area contributed by atoms with Gasteiger partial charge in [-0.05, 0) is 24.6 Å². The number of para-hydroxylation sites is 1. The first kappa shape index (κ1) is 24.2. The number of alkyl halides is 3. The number of aliphatic carboxylic acids is 1. The van der Waals surface area contributed by atoms with E-state index in [0.29, 0.717) is 5.75 Å². The van der Waals surface area contributed by atoms with E-state index < -0.39 is 39.0 Å². The third kappa shape index (κ3) is 5.15. The van der Waals surface area contributed by atoms with Crippen LogP contribution in [0.15, 0.2) is 52.8 Å². The number of esters is 1. The molecule has 0 bridgehead atoms. The Balaban J connectivity index is 1.73. The van der Waals surface area contributed by atoms with Crippen molar-refractivity contribution in [1.82, 2.24) is 10.2 Å². The second-order valence-corrected chi connectivity index (χ2v) is 9.97. The molecule has 2 amide bonds. The summed E-state index contributed by atoms with van der Waals surface area (Å²) < 4.78 is 7.85. The van der Waals surface area contributed by atoms with Crippen molar-refractivity contribution in [3.05, 3.63) is 52.8 Å². The van der Waals surface area contributed by atoms with E-state index in [1.54, 1.807) is 30.3 Å². The SMILES string of the molecule is CC1=C(C(=O)O)N2C(=O)C(NC(=O)COc3ccccc3)[C@@H]2SC1=COC(=O)C(Cl)(Cl)Cl. The Hall–Kier alpha value is -2.40. The molecule has 170 valence electrons. The predicted octanol–water partition coefficient (Wildman–Crippen LogP) is 2.58. The van der Waals surface area contributed by atoms with Crippen molar-refractivity contribution in [3.8, 4) is 5.75 Å².